The van der Waals surface area contributed by atoms with E-state index in [2.05, 4.69) is 0 Å². The SMILES string of the molecule is O=C(C[N+]1(CCCP2(=O)C=C(c3ccccc3)OC(c3ccccc3)=C2)CCOCC1)c1cccs1.[Br-]. The summed E-state index contributed by atoms with van der Waals surface area (Å²) in [7, 11) is -2.81. The fourth-order valence-electron chi connectivity index (χ4n) is 4.87. The summed E-state index contributed by atoms with van der Waals surface area (Å²) in [6, 6.07) is 23.5. The molecule has 0 spiro atoms. The van der Waals surface area contributed by atoms with Crippen LogP contribution in [0.4, 0.5) is 0 Å². The number of halogens is 1. The van der Waals surface area contributed by atoms with Crippen LogP contribution in [-0.2, 0) is 14.0 Å². The lowest BCUT2D eigenvalue weighted by molar-refractivity contribution is -0.927. The predicted molar refractivity (Wildman–Crippen MR) is 146 cm³/mol. The maximum Gasteiger partial charge on any atom is 0.226 e. The van der Waals surface area contributed by atoms with Gasteiger partial charge in [0.2, 0.25) is 5.78 Å². The molecular weight excluding hydrogens is 569 g/mol. The van der Waals surface area contributed by atoms with E-state index in [-0.39, 0.29) is 22.8 Å². The second kappa shape index (κ2) is 12.5. The van der Waals surface area contributed by atoms with E-state index in [1.165, 1.54) is 11.3 Å². The highest BCUT2D eigenvalue weighted by atomic mass is 79.9. The first-order valence-corrected chi connectivity index (χ1v) is 15.3. The summed E-state index contributed by atoms with van der Waals surface area (Å²) in [5, 5.41) is 1.95. The monoisotopic (exact) mass is 599 g/mol. The van der Waals surface area contributed by atoms with E-state index >= 15 is 0 Å². The summed E-state index contributed by atoms with van der Waals surface area (Å²) in [4.78, 5) is 13.8. The maximum absolute atomic E-state index is 14.2. The molecule has 2 aliphatic heterocycles. The Morgan fingerprint density at radius 3 is 2.00 bits per heavy atom. The molecule has 0 unspecified atom stereocenters. The highest BCUT2D eigenvalue weighted by Crippen LogP contribution is 2.57. The number of Topliss-reactive ketones (excluding diaryl/α,β-unsaturated/α-hetero) is 1. The number of carbonyl (C=O) groups is 1. The molecule has 8 heteroatoms. The number of rotatable bonds is 9. The summed E-state index contributed by atoms with van der Waals surface area (Å²) in [6.45, 7) is 4.18. The van der Waals surface area contributed by atoms with E-state index in [9.17, 15) is 9.36 Å². The third-order valence-corrected chi connectivity index (χ3v) is 10.1. The van der Waals surface area contributed by atoms with E-state index in [1.807, 2.05) is 89.8 Å². The Hall–Kier alpha value is -2.28. The van der Waals surface area contributed by atoms with Crippen LogP contribution >= 0.6 is 18.5 Å². The van der Waals surface area contributed by atoms with Gasteiger partial charge in [-0.25, -0.2) is 0 Å². The molecular formula is C29H31BrNO4PS. The van der Waals surface area contributed by atoms with Crippen LogP contribution < -0.4 is 17.0 Å². The average Bonchev–Trinajstić information content (AvgIpc) is 3.45. The Labute approximate surface area is 233 Å². The van der Waals surface area contributed by atoms with Crippen LogP contribution in [0.1, 0.15) is 27.2 Å². The van der Waals surface area contributed by atoms with Gasteiger partial charge < -0.3 is 35.5 Å². The van der Waals surface area contributed by atoms with Crippen molar-refractivity contribution in [1.29, 1.82) is 0 Å². The lowest BCUT2D eigenvalue weighted by Crippen LogP contribution is -3.00. The number of nitrogens with zero attached hydrogens (tertiary/aromatic N) is 1. The van der Waals surface area contributed by atoms with Gasteiger partial charge in [-0.05, 0) is 11.4 Å². The van der Waals surface area contributed by atoms with Crippen molar-refractivity contribution in [2.75, 3.05) is 45.6 Å². The van der Waals surface area contributed by atoms with Gasteiger partial charge in [-0.1, -0.05) is 66.7 Å². The molecule has 3 heterocycles. The Morgan fingerprint density at radius 1 is 0.865 bits per heavy atom. The van der Waals surface area contributed by atoms with Crippen molar-refractivity contribution in [3.8, 4) is 0 Å². The Balaban J connectivity index is 0.00000320. The number of benzene rings is 2. The number of thiophene rings is 1. The van der Waals surface area contributed by atoms with E-state index in [0.29, 0.717) is 41.9 Å². The fourth-order valence-corrected chi connectivity index (χ4v) is 7.69. The zero-order valence-corrected chi connectivity index (χ0v) is 23.9. The molecule has 2 aliphatic rings. The van der Waals surface area contributed by atoms with Crippen LogP contribution in [0.5, 0.6) is 0 Å². The molecule has 0 N–H and O–H groups in total. The zero-order valence-electron chi connectivity index (χ0n) is 20.6. The van der Waals surface area contributed by atoms with Gasteiger partial charge in [-0.15, -0.1) is 11.3 Å². The number of quaternary nitrogens is 1. The second-order valence-corrected chi connectivity index (χ2v) is 13.1. The molecule has 194 valence electrons. The van der Waals surface area contributed by atoms with Gasteiger partial charge in [0, 0.05) is 35.3 Å². The van der Waals surface area contributed by atoms with Crippen molar-refractivity contribution in [3.05, 3.63) is 106 Å². The number of ketones is 1. The first kappa shape index (κ1) is 27.7. The first-order chi connectivity index (χ1) is 17.5. The Kier molecular flexibility index (Phi) is 9.38. The summed E-state index contributed by atoms with van der Waals surface area (Å²) in [5.74, 6) is 5.12. The number of carbonyl (C=O) groups excluding carboxylic acids is 1. The number of hydrogen-bond donors (Lipinski definition) is 0. The van der Waals surface area contributed by atoms with Gasteiger partial charge in [0.05, 0.1) is 24.6 Å². The lowest BCUT2D eigenvalue weighted by atomic mass is 10.2. The van der Waals surface area contributed by atoms with Gasteiger partial charge in [-0.3, -0.25) is 4.79 Å². The minimum absolute atomic E-state index is 0. The molecule has 0 amide bonds. The van der Waals surface area contributed by atoms with Gasteiger partial charge in [0.15, 0.2) is 0 Å². The maximum atomic E-state index is 14.2. The minimum atomic E-state index is -2.81. The molecule has 5 rings (SSSR count). The fraction of sp³-hybridized carbons (Fsp3) is 0.276. The summed E-state index contributed by atoms with van der Waals surface area (Å²) in [5.41, 5.74) is 1.83. The van der Waals surface area contributed by atoms with Crippen LogP contribution in [0.2, 0.25) is 0 Å². The quantitative estimate of drug-likeness (QED) is 0.214. The van der Waals surface area contributed by atoms with Gasteiger partial charge in [0.1, 0.15) is 38.3 Å². The molecule has 1 aromatic heterocycles. The molecule has 37 heavy (non-hydrogen) atoms. The molecule has 0 saturated carbocycles. The summed E-state index contributed by atoms with van der Waals surface area (Å²) >= 11 is 1.50. The van der Waals surface area contributed by atoms with Crippen LogP contribution in [0, 0.1) is 0 Å². The van der Waals surface area contributed by atoms with Crippen LogP contribution in [0.3, 0.4) is 0 Å². The van der Waals surface area contributed by atoms with E-state index in [4.69, 9.17) is 9.47 Å². The zero-order chi connectivity index (χ0) is 24.8. The molecule has 1 fully saturated rings. The van der Waals surface area contributed by atoms with E-state index in [0.717, 1.165) is 42.1 Å². The number of morpholine rings is 1. The largest absolute Gasteiger partial charge is 1.00 e. The molecule has 3 aromatic rings. The number of hydrogen-bond acceptors (Lipinski definition) is 5. The molecule has 1 saturated heterocycles. The smallest absolute Gasteiger partial charge is 0.226 e. The van der Waals surface area contributed by atoms with E-state index < -0.39 is 7.14 Å². The Morgan fingerprint density at radius 2 is 1.46 bits per heavy atom. The van der Waals surface area contributed by atoms with Gasteiger partial charge in [-0.2, -0.15) is 0 Å². The minimum Gasteiger partial charge on any atom is -1.00 e. The highest BCUT2D eigenvalue weighted by Gasteiger charge is 2.35. The van der Waals surface area contributed by atoms with Crippen molar-refractivity contribution in [3.63, 3.8) is 0 Å². The van der Waals surface area contributed by atoms with E-state index in [1.54, 1.807) is 0 Å². The molecule has 0 bridgehead atoms. The third-order valence-electron chi connectivity index (χ3n) is 6.84. The molecule has 5 nitrogen and oxygen atoms in total. The van der Waals surface area contributed by atoms with Crippen molar-refractivity contribution in [1.82, 2.24) is 0 Å². The second-order valence-electron chi connectivity index (χ2n) is 9.44. The molecule has 2 aromatic carbocycles. The number of ether oxygens (including phenoxy) is 2. The van der Waals surface area contributed by atoms with Crippen molar-refractivity contribution < 1.29 is 40.3 Å². The van der Waals surface area contributed by atoms with Crippen molar-refractivity contribution >= 4 is 35.8 Å². The predicted octanol–water partition coefficient (Wildman–Crippen LogP) is 3.56. The van der Waals surface area contributed by atoms with Crippen molar-refractivity contribution in [2.45, 2.75) is 6.42 Å². The first-order valence-electron chi connectivity index (χ1n) is 12.4. The van der Waals surface area contributed by atoms with Gasteiger partial charge in [0.25, 0.3) is 0 Å². The highest BCUT2D eigenvalue weighted by molar-refractivity contribution is 7.70. The van der Waals surface area contributed by atoms with Crippen LogP contribution in [-0.4, -0.2) is 55.8 Å². The Bertz CT molecular complexity index is 1230. The van der Waals surface area contributed by atoms with Crippen molar-refractivity contribution in [2.24, 2.45) is 0 Å². The molecule has 0 radical (unpaired) electrons. The average molecular weight is 601 g/mol. The van der Waals surface area contributed by atoms with Gasteiger partial charge >= 0.3 is 0 Å². The van der Waals surface area contributed by atoms with Crippen LogP contribution in [0.15, 0.2) is 89.8 Å². The molecule has 0 atom stereocenters. The standard InChI is InChI=1S/C29H31NO4PS.BrH/c31-26(29-13-7-20-36-29)21-30(15-17-33-18-16-30)14-8-19-35(32)22-27(24-9-3-1-4-10-24)34-28(23-35)25-11-5-2-6-12-25;/h1-7,9-13,20,22-23H,8,14-19,21H2;1H/q+1;/p-1. The summed E-state index contributed by atoms with van der Waals surface area (Å²) in [6.07, 6.45) is 1.29. The van der Waals surface area contributed by atoms with Crippen LogP contribution in [0.25, 0.3) is 11.5 Å². The lowest BCUT2D eigenvalue weighted by Gasteiger charge is -2.41. The normalized spacial score (nSPS) is 18.1. The summed E-state index contributed by atoms with van der Waals surface area (Å²) < 4.78 is 26.8. The third kappa shape index (κ3) is 6.98. The molecule has 0 aliphatic carbocycles. The topological polar surface area (TPSA) is 52.6 Å².